The molecule has 0 fully saturated rings. The minimum atomic E-state index is -4.36. The molecule has 1 aromatic carbocycles. The van der Waals surface area contributed by atoms with Gasteiger partial charge in [-0.05, 0) is 24.1 Å². The topological polar surface area (TPSA) is 0 Å². The van der Waals surface area contributed by atoms with Crippen molar-refractivity contribution >= 4 is 11.6 Å². The Balaban J connectivity index is 2.70. The van der Waals surface area contributed by atoms with Crippen LogP contribution in [0.2, 0.25) is 5.02 Å². The lowest BCUT2D eigenvalue weighted by Gasteiger charge is -2.00. The van der Waals surface area contributed by atoms with Gasteiger partial charge < -0.3 is 0 Å². The van der Waals surface area contributed by atoms with Gasteiger partial charge in [-0.3, -0.25) is 0 Å². The number of benzene rings is 1. The first-order chi connectivity index (χ1) is 6.88. The molecule has 0 bridgehead atoms. The average Bonchev–Trinajstić information content (AvgIpc) is 2.07. The summed E-state index contributed by atoms with van der Waals surface area (Å²) in [6, 6.07) is 3.86. The summed E-state index contributed by atoms with van der Waals surface area (Å²) in [5.41, 5.74) is 0.180. The van der Waals surface area contributed by atoms with Crippen LogP contribution in [0, 0.1) is 5.82 Å². The van der Waals surface area contributed by atoms with Gasteiger partial charge in [-0.1, -0.05) is 23.7 Å². The molecule has 0 atom stereocenters. The zero-order valence-electron chi connectivity index (χ0n) is 7.48. The fraction of sp³-hybridized carbons (Fsp3) is 0.200. The fourth-order valence-corrected chi connectivity index (χ4v) is 1.17. The Labute approximate surface area is 89.2 Å². The molecule has 0 spiro atoms. The smallest absolute Gasteiger partial charge is 0.207 e. The van der Waals surface area contributed by atoms with Crippen molar-refractivity contribution < 1.29 is 17.6 Å². The first-order valence-corrected chi connectivity index (χ1v) is 4.44. The fourth-order valence-electron chi connectivity index (χ4n) is 1.01. The highest BCUT2D eigenvalue weighted by atomic mass is 35.5. The maximum Gasteiger partial charge on any atom is 0.409 e. The van der Waals surface area contributed by atoms with Gasteiger partial charge in [0.1, 0.15) is 5.82 Å². The van der Waals surface area contributed by atoms with E-state index in [2.05, 4.69) is 0 Å². The van der Waals surface area contributed by atoms with Gasteiger partial charge in [0, 0.05) is 11.1 Å². The van der Waals surface area contributed by atoms with Gasteiger partial charge in [-0.25, -0.2) is 4.39 Å². The predicted molar refractivity (Wildman–Crippen MR) is 50.3 cm³/mol. The number of halogens is 5. The zero-order valence-corrected chi connectivity index (χ0v) is 8.24. The molecule has 0 saturated carbocycles. The molecular formula is C10H7ClF4. The Morgan fingerprint density at radius 1 is 1.27 bits per heavy atom. The molecule has 1 rings (SSSR count). The molecule has 0 nitrogen and oxygen atoms in total. The van der Waals surface area contributed by atoms with E-state index in [1.807, 2.05) is 0 Å². The van der Waals surface area contributed by atoms with E-state index in [9.17, 15) is 17.6 Å². The molecule has 0 aromatic heterocycles. The highest BCUT2D eigenvalue weighted by Gasteiger charge is 2.21. The van der Waals surface area contributed by atoms with Gasteiger partial charge in [-0.15, -0.1) is 0 Å². The van der Waals surface area contributed by atoms with E-state index in [0.717, 1.165) is 12.1 Å². The molecule has 0 radical (unpaired) electrons. The van der Waals surface area contributed by atoms with Crippen LogP contribution in [-0.4, -0.2) is 6.18 Å². The van der Waals surface area contributed by atoms with Crippen LogP contribution in [0.15, 0.2) is 30.4 Å². The van der Waals surface area contributed by atoms with Crippen molar-refractivity contribution in [2.45, 2.75) is 12.6 Å². The van der Waals surface area contributed by atoms with Crippen molar-refractivity contribution in [2.24, 2.45) is 0 Å². The number of allylic oxidation sites excluding steroid dienone is 2. The van der Waals surface area contributed by atoms with Crippen molar-refractivity contribution in [3.63, 3.8) is 0 Å². The number of hydrogen-bond acceptors (Lipinski definition) is 0. The Morgan fingerprint density at radius 3 is 2.47 bits per heavy atom. The monoisotopic (exact) mass is 238 g/mol. The standard InChI is InChI=1S/C10H7ClF4/c11-8-4-3-7(9(12)6-8)2-1-5-10(13,14)15/h1,3-6H,2H2/b5-1+. The summed E-state index contributed by atoms with van der Waals surface area (Å²) in [6.45, 7) is 0. The van der Waals surface area contributed by atoms with Gasteiger partial charge in [0.05, 0.1) is 0 Å². The molecule has 0 saturated heterocycles. The summed E-state index contributed by atoms with van der Waals surface area (Å²) in [5, 5.41) is 0.219. The van der Waals surface area contributed by atoms with Crippen molar-refractivity contribution in [3.8, 4) is 0 Å². The normalized spacial score (nSPS) is 12.3. The van der Waals surface area contributed by atoms with Crippen molar-refractivity contribution in [2.75, 3.05) is 0 Å². The first kappa shape index (κ1) is 12.0. The Hall–Kier alpha value is -1.03. The van der Waals surface area contributed by atoms with E-state index in [1.165, 1.54) is 12.1 Å². The summed E-state index contributed by atoms with van der Waals surface area (Å²) < 4.78 is 48.2. The lowest BCUT2D eigenvalue weighted by Crippen LogP contribution is -2.01. The molecule has 0 aliphatic carbocycles. The van der Waals surface area contributed by atoms with E-state index in [1.54, 1.807) is 0 Å². The third kappa shape index (κ3) is 4.34. The second-order valence-corrected chi connectivity index (χ2v) is 3.32. The maximum absolute atomic E-state index is 13.1. The molecule has 0 unspecified atom stereocenters. The quantitative estimate of drug-likeness (QED) is 0.537. The SMILES string of the molecule is Fc1cc(Cl)ccc1C/C=C/C(F)(F)F. The minimum absolute atomic E-state index is 0.0844. The molecular weight excluding hydrogens is 232 g/mol. The second kappa shape index (κ2) is 4.66. The molecule has 0 aliphatic heterocycles. The summed E-state index contributed by atoms with van der Waals surface area (Å²) in [5.74, 6) is -0.602. The lowest BCUT2D eigenvalue weighted by molar-refractivity contribution is -0.0800. The van der Waals surface area contributed by atoms with Crippen molar-refractivity contribution in [3.05, 3.63) is 46.8 Å². The van der Waals surface area contributed by atoms with Crippen LogP contribution in [0.25, 0.3) is 0 Å². The maximum atomic E-state index is 13.1. The third-order valence-corrected chi connectivity index (χ3v) is 1.89. The van der Waals surface area contributed by atoms with Crippen LogP contribution >= 0.6 is 11.6 Å². The molecule has 0 heterocycles. The Bertz CT molecular complexity index is 368. The molecule has 5 heteroatoms. The largest absolute Gasteiger partial charge is 0.409 e. The molecule has 1 aromatic rings. The van der Waals surface area contributed by atoms with Crippen LogP contribution in [0.5, 0.6) is 0 Å². The molecule has 0 N–H and O–H groups in total. The molecule has 0 amide bonds. The van der Waals surface area contributed by atoms with Gasteiger partial charge >= 0.3 is 6.18 Å². The number of alkyl halides is 3. The van der Waals surface area contributed by atoms with Crippen LogP contribution < -0.4 is 0 Å². The minimum Gasteiger partial charge on any atom is -0.207 e. The van der Waals surface area contributed by atoms with Gasteiger partial charge in [-0.2, -0.15) is 13.2 Å². The molecule has 15 heavy (non-hydrogen) atoms. The Morgan fingerprint density at radius 2 is 1.93 bits per heavy atom. The highest BCUT2D eigenvalue weighted by molar-refractivity contribution is 6.30. The molecule has 82 valence electrons. The van der Waals surface area contributed by atoms with E-state index < -0.39 is 12.0 Å². The van der Waals surface area contributed by atoms with Gasteiger partial charge in [0.15, 0.2) is 0 Å². The first-order valence-electron chi connectivity index (χ1n) is 4.07. The zero-order chi connectivity index (χ0) is 11.5. The van der Waals surface area contributed by atoms with E-state index in [4.69, 9.17) is 11.6 Å². The summed E-state index contributed by atoms with van der Waals surface area (Å²) in [4.78, 5) is 0. The Kier molecular flexibility index (Phi) is 3.74. The predicted octanol–water partition coefficient (Wildman–Crippen LogP) is 4.14. The lowest BCUT2D eigenvalue weighted by atomic mass is 10.1. The summed E-state index contributed by atoms with van der Waals surface area (Å²) in [7, 11) is 0. The van der Waals surface area contributed by atoms with E-state index >= 15 is 0 Å². The van der Waals surface area contributed by atoms with Crippen molar-refractivity contribution in [1.82, 2.24) is 0 Å². The van der Waals surface area contributed by atoms with Crippen LogP contribution in [0.4, 0.5) is 17.6 Å². The van der Waals surface area contributed by atoms with E-state index in [-0.39, 0.29) is 23.1 Å². The number of rotatable bonds is 2. The van der Waals surface area contributed by atoms with E-state index in [0.29, 0.717) is 0 Å². The third-order valence-electron chi connectivity index (χ3n) is 1.66. The van der Waals surface area contributed by atoms with Crippen LogP contribution in [-0.2, 0) is 6.42 Å². The van der Waals surface area contributed by atoms with Crippen LogP contribution in [0.1, 0.15) is 5.56 Å². The van der Waals surface area contributed by atoms with Crippen LogP contribution in [0.3, 0.4) is 0 Å². The second-order valence-electron chi connectivity index (χ2n) is 2.88. The summed E-state index contributed by atoms with van der Waals surface area (Å²) >= 11 is 5.49. The average molecular weight is 239 g/mol. The molecule has 0 aliphatic rings. The van der Waals surface area contributed by atoms with Gasteiger partial charge in [0.2, 0.25) is 0 Å². The highest BCUT2D eigenvalue weighted by Crippen LogP contribution is 2.18. The van der Waals surface area contributed by atoms with Crippen molar-refractivity contribution in [1.29, 1.82) is 0 Å². The summed E-state index contributed by atoms with van der Waals surface area (Å²) in [6.07, 6.45) is -3.52. The number of hydrogen-bond donors (Lipinski definition) is 0. The van der Waals surface area contributed by atoms with Gasteiger partial charge in [0.25, 0.3) is 0 Å².